The molecule has 0 spiro atoms. The summed E-state index contributed by atoms with van der Waals surface area (Å²) in [6.45, 7) is 2.25. The Labute approximate surface area is 178 Å². The third-order valence-corrected chi connectivity index (χ3v) is 5.11. The Hall–Kier alpha value is -1.71. The minimum Gasteiger partial charge on any atom is -0.488 e. The SMILES string of the molecule is Cc1ccc(N=Cc2cc(Cl)ccc2OCc2ccc(Cl)cc2Cl)cc1Cl. The van der Waals surface area contributed by atoms with Crippen LogP contribution in [0.3, 0.4) is 0 Å². The Morgan fingerprint density at radius 2 is 1.59 bits per heavy atom. The summed E-state index contributed by atoms with van der Waals surface area (Å²) in [6, 6.07) is 16.3. The first kappa shape index (κ1) is 20.0. The van der Waals surface area contributed by atoms with E-state index >= 15 is 0 Å². The van der Waals surface area contributed by atoms with E-state index in [9.17, 15) is 0 Å². The summed E-state index contributed by atoms with van der Waals surface area (Å²) in [5, 5.41) is 2.40. The van der Waals surface area contributed by atoms with Crippen molar-refractivity contribution in [2.45, 2.75) is 13.5 Å². The lowest BCUT2D eigenvalue weighted by Gasteiger charge is -2.11. The summed E-state index contributed by atoms with van der Waals surface area (Å²) in [5.74, 6) is 0.646. The zero-order chi connectivity index (χ0) is 19.4. The minimum absolute atomic E-state index is 0.300. The van der Waals surface area contributed by atoms with Gasteiger partial charge in [0.1, 0.15) is 12.4 Å². The first-order valence-electron chi connectivity index (χ1n) is 8.09. The topological polar surface area (TPSA) is 21.6 Å². The molecule has 0 fully saturated rings. The van der Waals surface area contributed by atoms with Crippen LogP contribution in [0.15, 0.2) is 59.6 Å². The summed E-state index contributed by atoms with van der Waals surface area (Å²) in [6.07, 6.45) is 1.70. The lowest BCUT2D eigenvalue weighted by molar-refractivity contribution is 0.306. The van der Waals surface area contributed by atoms with Crippen molar-refractivity contribution in [2.75, 3.05) is 0 Å². The Kier molecular flexibility index (Phi) is 6.67. The molecule has 0 aliphatic heterocycles. The van der Waals surface area contributed by atoms with Gasteiger partial charge in [0, 0.05) is 37.4 Å². The highest BCUT2D eigenvalue weighted by Crippen LogP contribution is 2.27. The van der Waals surface area contributed by atoms with Crippen LogP contribution < -0.4 is 4.74 Å². The van der Waals surface area contributed by atoms with E-state index < -0.39 is 0 Å². The van der Waals surface area contributed by atoms with Gasteiger partial charge in [-0.15, -0.1) is 0 Å². The molecule has 6 heteroatoms. The maximum Gasteiger partial charge on any atom is 0.128 e. The first-order chi connectivity index (χ1) is 12.9. The van der Waals surface area contributed by atoms with Crippen LogP contribution in [0.25, 0.3) is 0 Å². The number of benzene rings is 3. The highest BCUT2D eigenvalue weighted by molar-refractivity contribution is 6.35. The fourth-order valence-electron chi connectivity index (χ4n) is 2.35. The van der Waals surface area contributed by atoms with Crippen molar-refractivity contribution in [2.24, 2.45) is 4.99 Å². The van der Waals surface area contributed by atoms with Gasteiger partial charge >= 0.3 is 0 Å². The first-order valence-corrected chi connectivity index (χ1v) is 9.60. The average molecular weight is 439 g/mol. The average Bonchev–Trinajstić information content (AvgIpc) is 2.63. The fraction of sp³-hybridized carbons (Fsp3) is 0.0952. The monoisotopic (exact) mass is 437 g/mol. The normalized spacial score (nSPS) is 11.1. The van der Waals surface area contributed by atoms with Crippen LogP contribution >= 0.6 is 46.4 Å². The third kappa shape index (κ3) is 5.40. The van der Waals surface area contributed by atoms with Gasteiger partial charge in [0.2, 0.25) is 0 Å². The van der Waals surface area contributed by atoms with E-state index in [0.717, 1.165) is 22.4 Å². The number of hydrogen-bond acceptors (Lipinski definition) is 2. The van der Waals surface area contributed by atoms with E-state index in [1.54, 1.807) is 36.5 Å². The lowest BCUT2D eigenvalue weighted by Crippen LogP contribution is -1.99. The van der Waals surface area contributed by atoms with E-state index in [-0.39, 0.29) is 0 Å². The van der Waals surface area contributed by atoms with Gasteiger partial charge in [0.15, 0.2) is 0 Å². The summed E-state index contributed by atoms with van der Waals surface area (Å²) in [4.78, 5) is 4.47. The summed E-state index contributed by atoms with van der Waals surface area (Å²) in [7, 11) is 0. The van der Waals surface area contributed by atoms with E-state index in [2.05, 4.69) is 4.99 Å². The smallest absolute Gasteiger partial charge is 0.128 e. The van der Waals surface area contributed by atoms with Gasteiger partial charge in [0.25, 0.3) is 0 Å². The van der Waals surface area contributed by atoms with E-state index in [1.807, 2.05) is 31.2 Å². The zero-order valence-corrected chi connectivity index (χ0v) is 17.4. The number of halogens is 4. The largest absolute Gasteiger partial charge is 0.488 e. The van der Waals surface area contributed by atoms with Crippen molar-refractivity contribution in [1.82, 2.24) is 0 Å². The molecule has 0 unspecified atom stereocenters. The molecular weight excluding hydrogens is 424 g/mol. The molecule has 3 rings (SSSR count). The van der Waals surface area contributed by atoms with Crippen LogP contribution in [0, 0.1) is 6.92 Å². The molecule has 0 aliphatic carbocycles. The van der Waals surface area contributed by atoms with Crippen LogP contribution in [0.4, 0.5) is 5.69 Å². The van der Waals surface area contributed by atoms with Gasteiger partial charge in [-0.3, -0.25) is 4.99 Å². The maximum atomic E-state index is 6.21. The molecule has 3 aromatic rings. The Bertz CT molecular complexity index is 1000. The second kappa shape index (κ2) is 8.99. The lowest BCUT2D eigenvalue weighted by atomic mass is 10.2. The molecule has 0 radical (unpaired) electrons. The van der Waals surface area contributed by atoms with Crippen molar-refractivity contribution in [3.8, 4) is 5.75 Å². The van der Waals surface area contributed by atoms with E-state index in [0.29, 0.717) is 32.4 Å². The molecule has 0 bridgehead atoms. The van der Waals surface area contributed by atoms with Crippen LogP contribution in [0.1, 0.15) is 16.7 Å². The van der Waals surface area contributed by atoms with Crippen LogP contribution in [0.2, 0.25) is 20.1 Å². The number of aliphatic imine (C=N–C) groups is 1. The predicted molar refractivity (Wildman–Crippen MR) is 116 cm³/mol. The van der Waals surface area contributed by atoms with Gasteiger partial charge in [-0.1, -0.05) is 58.5 Å². The maximum absolute atomic E-state index is 6.21. The zero-order valence-electron chi connectivity index (χ0n) is 14.3. The van der Waals surface area contributed by atoms with Gasteiger partial charge in [0.05, 0.1) is 5.69 Å². The van der Waals surface area contributed by atoms with Crippen molar-refractivity contribution >= 4 is 58.3 Å². The molecule has 0 heterocycles. The number of aryl methyl sites for hydroxylation is 1. The van der Waals surface area contributed by atoms with Crippen LogP contribution in [0.5, 0.6) is 5.75 Å². The van der Waals surface area contributed by atoms with Crippen molar-refractivity contribution in [3.05, 3.63) is 91.4 Å². The van der Waals surface area contributed by atoms with Gasteiger partial charge in [-0.05, 0) is 55.0 Å². The molecule has 27 heavy (non-hydrogen) atoms. The minimum atomic E-state index is 0.300. The molecule has 3 aromatic carbocycles. The second-order valence-corrected chi connectivity index (χ2v) is 7.59. The van der Waals surface area contributed by atoms with Gasteiger partial charge in [-0.2, -0.15) is 0 Å². The highest BCUT2D eigenvalue weighted by atomic mass is 35.5. The summed E-state index contributed by atoms with van der Waals surface area (Å²) < 4.78 is 5.93. The van der Waals surface area contributed by atoms with Crippen molar-refractivity contribution in [1.29, 1.82) is 0 Å². The molecule has 138 valence electrons. The molecule has 0 saturated carbocycles. The molecule has 2 nitrogen and oxygen atoms in total. The molecule has 0 atom stereocenters. The molecule has 0 saturated heterocycles. The molecular formula is C21H15Cl4NO. The molecule has 0 aliphatic rings. The standard InChI is InChI=1S/C21H15Cl4NO/c1-13-2-6-18(10-19(13)24)26-11-15-8-16(22)5-7-21(15)27-12-14-3-4-17(23)9-20(14)25/h2-11H,12H2,1H3. The number of nitrogens with zero attached hydrogens (tertiary/aromatic N) is 1. The Balaban J connectivity index is 1.82. The third-order valence-electron chi connectivity index (χ3n) is 3.88. The van der Waals surface area contributed by atoms with Crippen LogP contribution in [-0.4, -0.2) is 6.21 Å². The number of ether oxygens (including phenoxy) is 1. The van der Waals surface area contributed by atoms with Crippen molar-refractivity contribution in [3.63, 3.8) is 0 Å². The predicted octanol–water partition coefficient (Wildman–Crippen LogP) is 7.94. The number of rotatable bonds is 5. The molecule has 0 amide bonds. The quantitative estimate of drug-likeness (QED) is 0.370. The van der Waals surface area contributed by atoms with E-state index in [1.165, 1.54) is 0 Å². The number of hydrogen-bond donors (Lipinski definition) is 0. The fourth-order valence-corrected chi connectivity index (χ4v) is 3.17. The van der Waals surface area contributed by atoms with Crippen LogP contribution in [-0.2, 0) is 6.61 Å². The van der Waals surface area contributed by atoms with E-state index in [4.69, 9.17) is 51.1 Å². The Morgan fingerprint density at radius 3 is 2.33 bits per heavy atom. The Morgan fingerprint density at radius 1 is 0.852 bits per heavy atom. The summed E-state index contributed by atoms with van der Waals surface area (Å²) >= 11 is 24.4. The molecule has 0 aromatic heterocycles. The van der Waals surface area contributed by atoms with Gasteiger partial charge < -0.3 is 4.74 Å². The highest BCUT2D eigenvalue weighted by Gasteiger charge is 2.07. The second-order valence-electron chi connectivity index (χ2n) is 5.90. The summed E-state index contributed by atoms with van der Waals surface area (Å²) in [5.41, 5.74) is 3.34. The van der Waals surface area contributed by atoms with Crippen molar-refractivity contribution < 1.29 is 4.74 Å². The molecule has 0 N–H and O–H groups in total. The van der Waals surface area contributed by atoms with Gasteiger partial charge in [-0.25, -0.2) is 0 Å².